The first-order valence-corrected chi connectivity index (χ1v) is 8.61. The molecule has 0 spiro atoms. The number of amides is 1. The van der Waals surface area contributed by atoms with E-state index >= 15 is 0 Å². The highest BCUT2D eigenvalue weighted by atomic mass is 16.5. The molecule has 2 aliphatic rings. The van der Waals surface area contributed by atoms with Gasteiger partial charge in [-0.2, -0.15) is 0 Å². The highest BCUT2D eigenvalue weighted by Gasteiger charge is 2.39. The number of hydrogen-bond donors (Lipinski definition) is 0. The summed E-state index contributed by atoms with van der Waals surface area (Å²) in [6.45, 7) is 3.27. The standard InChI is InChI=1S/C20H22N2O3/c1-4-25-19-11-17-15(10-18(19)24-3)20(23)22-14(12-21(17)2)9-13-7-5-6-8-16(13)22/h5-8,10-11,14H,4,9,12H2,1-3H3/t14-/m0/s1. The topological polar surface area (TPSA) is 42.0 Å². The van der Waals surface area contributed by atoms with Crippen LogP contribution in [0.15, 0.2) is 36.4 Å². The number of anilines is 2. The zero-order valence-corrected chi connectivity index (χ0v) is 14.8. The van der Waals surface area contributed by atoms with Gasteiger partial charge in [-0.3, -0.25) is 4.79 Å². The average molecular weight is 338 g/mol. The van der Waals surface area contributed by atoms with E-state index < -0.39 is 0 Å². The van der Waals surface area contributed by atoms with E-state index in [1.165, 1.54) is 5.56 Å². The van der Waals surface area contributed by atoms with Crippen LogP contribution in [0.5, 0.6) is 11.5 Å². The summed E-state index contributed by atoms with van der Waals surface area (Å²) in [7, 11) is 3.63. The molecule has 0 fully saturated rings. The second-order valence-electron chi connectivity index (χ2n) is 6.50. The molecule has 0 aromatic heterocycles. The number of rotatable bonds is 3. The molecule has 4 rings (SSSR count). The fourth-order valence-electron chi connectivity index (χ4n) is 3.89. The van der Waals surface area contributed by atoms with Gasteiger partial charge in [-0.05, 0) is 31.0 Å². The van der Waals surface area contributed by atoms with Gasteiger partial charge in [0.15, 0.2) is 11.5 Å². The van der Waals surface area contributed by atoms with Gasteiger partial charge in [0.05, 0.1) is 31.0 Å². The molecule has 0 radical (unpaired) electrons. The largest absolute Gasteiger partial charge is 0.493 e. The van der Waals surface area contributed by atoms with Crippen LogP contribution < -0.4 is 19.3 Å². The zero-order valence-electron chi connectivity index (χ0n) is 14.8. The number of benzene rings is 2. The lowest BCUT2D eigenvalue weighted by atomic mass is 10.1. The number of carbonyl (C=O) groups excluding carboxylic acids is 1. The maximum absolute atomic E-state index is 13.4. The molecule has 0 saturated carbocycles. The Kier molecular flexibility index (Phi) is 3.79. The Morgan fingerprint density at radius 1 is 1.16 bits per heavy atom. The normalized spacial score (nSPS) is 18.4. The van der Waals surface area contributed by atoms with E-state index in [4.69, 9.17) is 9.47 Å². The number of para-hydroxylation sites is 1. The minimum absolute atomic E-state index is 0.0237. The molecule has 1 amide bonds. The summed E-state index contributed by atoms with van der Waals surface area (Å²) in [5, 5.41) is 0. The second kappa shape index (κ2) is 5.99. The van der Waals surface area contributed by atoms with Crippen LogP contribution in [0.3, 0.4) is 0 Å². The van der Waals surface area contributed by atoms with Crippen molar-refractivity contribution in [2.75, 3.05) is 37.1 Å². The lowest BCUT2D eigenvalue weighted by Crippen LogP contribution is -2.41. The molecule has 2 aliphatic heterocycles. The number of carbonyl (C=O) groups is 1. The molecule has 0 unspecified atom stereocenters. The summed E-state index contributed by atoms with van der Waals surface area (Å²) in [4.78, 5) is 17.5. The smallest absolute Gasteiger partial charge is 0.260 e. The Hall–Kier alpha value is -2.69. The molecule has 5 nitrogen and oxygen atoms in total. The van der Waals surface area contributed by atoms with Crippen molar-refractivity contribution < 1.29 is 14.3 Å². The van der Waals surface area contributed by atoms with Crippen molar-refractivity contribution in [1.29, 1.82) is 0 Å². The van der Waals surface area contributed by atoms with E-state index in [-0.39, 0.29) is 11.9 Å². The van der Waals surface area contributed by atoms with Crippen molar-refractivity contribution in [3.63, 3.8) is 0 Å². The maximum Gasteiger partial charge on any atom is 0.260 e. The molecule has 130 valence electrons. The summed E-state index contributed by atoms with van der Waals surface area (Å²) in [6, 6.07) is 12.0. The molecule has 0 N–H and O–H groups in total. The Bertz CT molecular complexity index is 834. The van der Waals surface area contributed by atoms with Crippen LogP contribution in [-0.2, 0) is 6.42 Å². The van der Waals surface area contributed by atoms with Crippen molar-refractivity contribution >= 4 is 17.3 Å². The fourth-order valence-corrected chi connectivity index (χ4v) is 3.89. The van der Waals surface area contributed by atoms with Crippen molar-refractivity contribution in [1.82, 2.24) is 0 Å². The van der Waals surface area contributed by atoms with Crippen molar-refractivity contribution in [3.8, 4) is 11.5 Å². The third-order valence-corrected chi connectivity index (χ3v) is 5.00. The van der Waals surface area contributed by atoms with Crippen LogP contribution in [0, 0.1) is 0 Å². The van der Waals surface area contributed by atoms with Gasteiger partial charge < -0.3 is 19.3 Å². The van der Waals surface area contributed by atoms with E-state index in [0.717, 1.165) is 24.3 Å². The Morgan fingerprint density at radius 3 is 2.72 bits per heavy atom. The molecule has 5 heteroatoms. The number of hydrogen-bond acceptors (Lipinski definition) is 4. The number of nitrogens with zero attached hydrogens (tertiary/aromatic N) is 2. The predicted molar refractivity (Wildman–Crippen MR) is 98.2 cm³/mol. The lowest BCUT2D eigenvalue weighted by molar-refractivity contribution is 0.0983. The zero-order chi connectivity index (χ0) is 17.6. The Balaban J connectivity index is 1.85. The maximum atomic E-state index is 13.4. The number of likely N-dealkylation sites (N-methyl/N-ethyl adjacent to an activating group) is 1. The van der Waals surface area contributed by atoms with Crippen LogP contribution >= 0.6 is 0 Å². The first-order chi connectivity index (χ1) is 12.1. The van der Waals surface area contributed by atoms with E-state index in [2.05, 4.69) is 11.0 Å². The molecule has 2 heterocycles. The van der Waals surface area contributed by atoms with Crippen LogP contribution in [-0.4, -0.2) is 39.3 Å². The van der Waals surface area contributed by atoms with Crippen LogP contribution in [0.4, 0.5) is 11.4 Å². The van der Waals surface area contributed by atoms with E-state index in [0.29, 0.717) is 23.7 Å². The Labute approximate surface area is 147 Å². The van der Waals surface area contributed by atoms with Gasteiger partial charge in [0, 0.05) is 25.3 Å². The van der Waals surface area contributed by atoms with Gasteiger partial charge in [-0.15, -0.1) is 0 Å². The molecule has 1 atom stereocenters. The number of ether oxygens (including phenoxy) is 2. The summed E-state index contributed by atoms with van der Waals surface area (Å²) >= 11 is 0. The van der Waals surface area contributed by atoms with Gasteiger partial charge in [-0.1, -0.05) is 18.2 Å². The summed E-state index contributed by atoms with van der Waals surface area (Å²) in [6.07, 6.45) is 0.885. The minimum Gasteiger partial charge on any atom is -0.493 e. The molecule has 2 aromatic rings. The first kappa shape index (κ1) is 15.8. The molecule has 0 aliphatic carbocycles. The van der Waals surface area contributed by atoms with Crippen molar-refractivity contribution in [2.24, 2.45) is 0 Å². The SMILES string of the molecule is CCOc1cc2c(cc1OC)C(=O)N1c3ccccc3C[C@H]1CN2C. The summed E-state index contributed by atoms with van der Waals surface area (Å²) < 4.78 is 11.1. The van der Waals surface area contributed by atoms with E-state index in [9.17, 15) is 4.79 Å². The quantitative estimate of drug-likeness (QED) is 0.862. The van der Waals surface area contributed by atoms with Gasteiger partial charge in [-0.25, -0.2) is 0 Å². The third-order valence-electron chi connectivity index (χ3n) is 5.00. The predicted octanol–water partition coefficient (Wildman–Crippen LogP) is 3.12. The van der Waals surface area contributed by atoms with Gasteiger partial charge in [0.25, 0.3) is 5.91 Å². The highest BCUT2D eigenvalue weighted by Crippen LogP contribution is 2.41. The third kappa shape index (κ3) is 2.42. The van der Waals surface area contributed by atoms with E-state index in [1.54, 1.807) is 7.11 Å². The molecular formula is C20H22N2O3. The Morgan fingerprint density at radius 2 is 1.96 bits per heavy atom. The van der Waals surface area contributed by atoms with Gasteiger partial charge >= 0.3 is 0 Å². The fraction of sp³-hybridized carbons (Fsp3) is 0.350. The van der Waals surface area contributed by atoms with Crippen molar-refractivity contribution in [2.45, 2.75) is 19.4 Å². The molecule has 25 heavy (non-hydrogen) atoms. The lowest BCUT2D eigenvalue weighted by Gasteiger charge is -2.25. The van der Waals surface area contributed by atoms with Gasteiger partial charge in [0.1, 0.15) is 0 Å². The van der Waals surface area contributed by atoms with Gasteiger partial charge in [0.2, 0.25) is 0 Å². The number of methoxy groups -OCH3 is 1. The molecule has 2 aromatic carbocycles. The monoisotopic (exact) mass is 338 g/mol. The summed E-state index contributed by atoms with van der Waals surface area (Å²) in [5.74, 6) is 1.29. The first-order valence-electron chi connectivity index (χ1n) is 8.61. The van der Waals surface area contributed by atoms with Crippen molar-refractivity contribution in [3.05, 3.63) is 47.5 Å². The second-order valence-corrected chi connectivity index (χ2v) is 6.50. The summed E-state index contributed by atoms with van der Waals surface area (Å²) in [5.41, 5.74) is 3.80. The minimum atomic E-state index is 0.0237. The molecule has 0 saturated heterocycles. The highest BCUT2D eigenvalue weighted by molar-refractivity contribution is 6.12. The van der Waals surface area contributed by atoms with Crippen LogP contribution in [0.25, 0.3) is 0 Å². The average Bonchev–Trinajstić information content (AvgIpc) is 2.94. The molecule has 0 bridgehead atoms. The number of fused-ring (bicyclic) bond motifs is 4. The van der Waals surface area contributed by atoms with Crippen LogP contribution in [0.2, 0.25) is 0 Å². The van der Waals surface area contributed by atoms with E-state index in [1.807, 2.05) is 49.2 Å². The van der Waals surface area contributed by atoms with Crippen LogP contribution in [0.1, 0.15) is 22.8 Å². The molecular weight excluding hydrogens is 316 g/mol.